The summed E-state index contributed by atoms with van der Waals surface area (Å²) in [5.41, 5.74) is 1.74. The number of nitrogens with one attached hydrogen (secondary N) is 1. The van der Waals surface area contributed by atoms with Crippen LogP contribution in [0.2, 0.25) is 0 Å². The summed E-state index contributed by atoms with van der Waals surface area (Å²) < 4.78 is 6.05. The number of para-hydroxylation sites is 1. The fourth-order valence-corrected chi connectivity index (χ4v) is 5.24. The van der Waals surface area contributed by atoms with Crippen molar-refractivity contribution in [1.82, 2.24) is 15.1 Å². The summed E-state index contributed by atoms with van der Waals surface area (Å²) in [6.07, 6.45) is 3.64. The predicted molar refractivity (Wildman–Crippen MR) is 135 cm³/mol. The molecule has 35 heavy (non-hydrogen) atoms. The predicted octanol–water partition coefficient (Wildman–Crippen LogP) is 3.67. The van der Waals surface area contributed by atoms with Gasteiger partial charge in [0, 0.05) is 32.2 Å². The van der Waals surface area contributed by atoms with Gasteiger partial charge in [-0.2, -0.15) is 0 Å². The maximum absolute atomic E-state index is 13.3. The third-order valence-electron chi connectivity index (χ3n) is 7.34. The lowest BCUT2D eigenvalue weighted by atomic mass is 9.73. The zero-order valence-electron chi connectivity index (χ0n) is 20.7. The number of aryl methyl sites for hydroxylation is 1. The maximum atomic E-state index is 13.3. The Morgan fingerprint density at radius 3 is 2.46 bits per heavy atom. The third-order valence-corrected chi connectivity index (χ3v) is 7.34. The average molecular weight is 478 g/mol. The van der Waals surface area contributed by atoms with E-state index in [0.29, 0.717) is 62.5 Å². The number of carbonyl (C=O) groups excluding carboxylic acids is 3. The molecule has 2 aromatic carbocycles. The Balaban J connectivity index is 1.60. The molecule has 0 aromatic heterocycles. The molecule has 5 rings (SSSR count). The molecule has 0 unspecified atom stereocenters. The van der Waals surface area contributed by atoms with Gasteiger partial charge in [0.05, 0.1) is 17.5 Å². The first kappa shape index (κ1) is 24.8. The monoisotopic (exact) mass is 477 g/mol. The molecule has 0 saturated carbocycles. The summed E-state index contributed by atoms with van der Waals surface area (Å²) in [7, 11) is 1.68. The van der Waals surface area contributed by atoms with Crippen LogP contribution >= 0.6 is 0 Å². The highest BCUT2D eigenvalue weighted by Gasteiger charge is 2.41. The van der Waals surface area contributed by atoms with E-state index in [-0.39, 0.29) is 17.7 Å². The van der Waals surface area contributed by atoms with Crippen molar-refractivity contribution in [3.05, 3.63) is 65.2 Å². The van der Waals surface area contributed by atoms with Crippen molar-refractivity contribution in [3.63, 3.8) is 0 Å². The minimum atomic E-state index is -0.479. The quantitative estimate of drug-likeness (QED) is 0.716. The van der Waals surface area contributed by atoms with Crippen molar-refractivity contribution < 1.29 is 19.1 Å². The normalized spacial score (nSPS) is 18.6. The Hall–Kier alpha value is -3.35. The summed E-state index contributed by atoms with van der Waals surface area (Å²) in [6.45, 7) is 4.36. The van der Waals surface area contributed by atoms with Crippen LogP contribution in [0.3, 0.4) is 0 Å². The number of rotatable bonds is 2. The highest BCUT2D eigenvalue weighted by Crippen LogP contribution is 2.38. The topological polar surface area (TPSA) is 79.0 Å². The van der Waals surface area contributed by atoms with Crippen molar-refractivity contribution in [1.29, 1.82) is 0 Å². The molecule has 1 fully saturated rings. The first-order chi connectivity index (χ1) is 16.9. The molecule has 7 nitrogen and oxygen atoms in total. The number of hydrogen-bond acceptors (Lipinski definition) is 4. The van der Waals surface area contributed by atoms with Crippen molar-refractivity contribution in [2.24, 2.45) is 5.41 Å². The number of fused-ring (bicyclic) bond motifs is 9. The molecule has 0 aliphatic carbocycles. The fourth-order valence-electron chi connectivity index (χ4n) is 5.24. The number of amides is 3. The molecule has 3 aliphatic rings. The van der Waals surface area contributed by atoms with E-state index in [1.807, 2.05) is 53.1 Å². The summed E-state index contributed by atoms with van der Waals surface area (Å²) in [5, 5.41) is 2.85. The Kier molecular flexibility index (Phi) is 7.73. The van der Waals surface area contributed by atoms with E-state index >= 15 is 0 Å². The minimum absolute atomic E-state index is 0.0287. The summed E-state index contributed by atoms with van der Waals surface area (Å²) >= 11 is 0. The second-order valence-electron chi connectivity index (χ2n) is 9.62. The first-order valence-corrected chi connectivity index (χ1v) is 12.5. The maximum Gasteiger partial charge on any atom is 0.257 e. The number of piperidine rings is 1. The molecule has 7 heteroatoms. The second-order valence-corrected chi connectivity index (χ2v) is 9.62. The smallest absolute Gasteiger partial charge is 0.257 e. The molecule has 3 aliphatic heterocycles. The van der Waals surface area contributed by atoms with E-state index in [9.17, 15) is 14.4 Å². The Bertz CT molecular complexity index is 1080. The molecule has 2 bridgehead atoms. The largest absolute Gasteiger partial charge is 0.491 e. The highest BCUT2D eigenvalue weighted by atomic mass is 16.5. The van der Waals surface area contributed by atoms with E-state index in [0.717, 1.165) is 24.8 Å². The van der Waals surface area contributed by atoms with Crippen molar-refractivity contribution >= 4 is 17.7 Å². The van der Waals surface area contributed by atoms with Gasteiger partial charge in [0.1, 0.15) is 12.4 Å². The van der Waals surface area contributed by atoms with Gasteiger partial charge in [-0.25, -0.2) is 0 Å². The second kappa shape index (κ2) is 10.9. The minimum Gasteiger partial charge on any atom is -0.491 e. The first-order valence-electron chi connectivity index (χ1n) is 12.5. The number of carbonyl (C=O) groups is 3. The van der Waals surface area contributed by atoms with E-state index in [1.165, 1.54) is 0 Å². The van der Waals surface area contributed by atoms with Gasteiger partial charge in [0.25, 0.3) is 11.8 Å². The van der Waals surface area contributed by atoms with E-state index in [2.05, 4.69) is 5.32 Å². The number of hydrogen-bond donors (Lipinski definition) is 1. The number of benzene rings is 2. The van der Waals surface area contributed by atoms with Crippen molar-refractivity contribution in [2.45, 2.75) is 39.0 Å². The van der Waals surface area contributed by atoms with E-state index in [4.69, 9.17) is 4.74 Å². The van der Waals surface area contributed by atoms with Crippen LogP contribution in [0.25, 0.3) is 0 Å². The van der Waals surface area contributed by atoms with Gasteiger partial charge in [-0.15, -0.1) is 0 Å². The summed E-state index contributed by atoms with van der Waals surface area (Å²) in [6, 6.07) is 14.9. The number of ether oxygens (including phenoxy) is 1. The molecule has 2 aromatic rings. The van der Waals surface area contributed by atoms with Gasteiger partial charge in [0.2, 0.25) is 5.91 Å². The van der Waals surface area contributed by atoms with Gasteiger partial charge in [-0.1, -0.05) is 36.2 Å². The molecule has 3 amide bonds. The molecular weight excluding hydrogens is 442 g/mol. The Morgan fingerprint density at radius 2 is 1.71 bits per heavy atom. The van der Waals surface area contributed by atoms with Crippen LogP contribution in [0.4, 0.5) is 0 Å². The Labute approximate surface area is 207 Å². The molecular formula is C28H35N3O4. The van der Waals surface area contributed by atoms with Gasteiger partial charge in [-0.3, -0.25) is 14.4 Å². The highest BCUT2D eigenvalue weighted by molar-refractivity contribution is 5.97. The third kappa shape index (κ3) is 5.50. The molecule has 1 saturated heterocycles. The molecule has 186 valence electrons. The van der Waals surface area contributed by atoms with Crippen LogP contribution in [0.5, 0.6) is 5.75 Å². The lowest BCUT2D eigenvalue weighted by Crippen LogP contribution is -2.49. The lowest BCUT2D eigenvalue weighted by Gasteiger charge is -2.40. The van der Waals surface area contributed by atoms with Gasteiger partial charge in [-0.05, 0) is 56.9 Å². The molecule has 3 heterocycles. The van der Waals surface area contributed by atoms with Crippen LogP contribution in [0.15, 0.2) is 48.5 Å². The van der Waals surface area contributed by atoms with Gasteiger partial charge < -0.3 is 19.9 Å². The molecule has 1 N–H and O–H groups in total. The zero-order chi connectivity index (χ0) is 24.8. The van der Waals surface area contributed by atoms with Crippen molar-refractivity contribution in [3.8, 4) is 5.75 Å². The van der Waals surface area contributed by atoms with E-state index < -0.39 is 5.41 Å². The van der Waals surface area contributed by atoms with Gasteiger partial charge in [0.15, 0.2) is 0 Å². The summed E-state index contributed by atoms with van der Waals surface area (Å²) in [5.74, 6) is 0.469. The molecule has 0 atom stereocenters. The van der Waals surface area contributed by atoms with E-state index in [1.54, 1.807) is 19.2 Å². The van der Waals surface area contributed by atoms with Crippen molar-refractivity contribution in [2.75, 3.05) is 39.8 Å². The summed E-state index contributed by atoms with van der Waals surface area (Å²) in [4.78, 5) is 43.2. The average Bonchev–Trinajstić information content (AvgIpc) is 2.89. The van der Waals surface area contributed by atoms with Crippen LogP contribution in [-0.4, -0.2) is 67.4 Å². The molecule has 0 spiro atoms. The standard InChI is InChI=1S/C28H35N3O4/c1-21-8-7-9-22(20-21)25(32)30-15-6-5-12-28(27(34)29-2)13-16-31(17-14-28)26(33)23-10-3-4-11-24(23)35-19-18-30/h3-4,7-11,20H,5-6,12-19H2,1-2H3,(H,29,34). The van der Waals surface area contributed by atoms with Gasteiger partial charge >= 0.3 is 0 Å². The number of nitrogens with zero attached hydrogens (tertiary/aromatic N) is 2. The SMILES string of the molecule is CNC(=O)C12CCCCN(C(=O)c3cccc(C)c3)CCOc3ccccc3C(=O)N(CC1)CC2. The van der Waals surface area contributed by atoms with Crippen LogP contribution in [-0.2, 0) is 4.79 Å². The van der Waals surface area contributed by atoms with Crippen LogP contribution < -0.4 is 10.1 Å². The van der Waals surface area contributed by atoms with Crippen LogP contribution in [0, 0.1) is 12.3 Å². The fraction of sp³-hybridized carbons (Fsp3) is 0.464. The zero-order valence-corrected chi connectivity index (χ0v) is 20.7. The lowest BCUT2D eigenvalue weighted by molar-refractivity contribution is -0.133. The van der Waals surface area contributed by atoms with Crippen LogP contribution in [0.1, 0.15) is 58.4 Å². The Morgan fingerprint density at radius 1 is 0.943 bits per heavy atom. The molecule has 0 radical (unpaired) electrons.